The van der Waals surface area contributed by atoms with Gasteiger partial charge in [0.2, 0.25) is 0 Å². The van der Waals surface area contributed by atoms with Gasteiger partial charge in [-0.05, 0) is 254 Å². The first-order chi connectivity index (χ1) is 71.4. The predicted molar refractivity (Wildman–Crippen MR) is 574 cm³/mol. The Balaban J connectivity index is 0.000000392. The smallest absolute Gasteiger partial charge is 0.416 e. The highest BCUT2D eigenvalue weighted by molar-refractivity contribution is 5.77. The molecule has 5 aliphatic rings. The van der Waals surface area contributed by atoms with Crippen LogP contribution in [0.25, 0.3) is 0 Å². The normalized spacial score (nSPS) is 25.1. The Kier molecular flexibility index (Phi) is 67.5. The first kappa shape index (κ1) is 133. The molecule has 8 rings (SSSR count). The molecule has 5 saturated carbocycles. The fraction of sp³-hybridized carbons (Fsp3) is 0.653. The number of ketones is 5. The Morgan fingerprint density at radius 2 is 0.713 bits per heavy atom. The summed E-state index contributed by atoms with van der Waals surface area (Å²) in [4.78, 5) is 89.4. The molecule has 3 aromatic rings. The summed E-state index contributed by atoms with van der Waals surface area (Å²) in [5, 5.41) is 114. The van der Waals surface area contributed by atoms with Crippen molar-refractivity contribution in [3.05, 3.63) is 193 Å². The average molecular weight is 2110 g/mol. The van der Waals surface area contributed by atoms with E-state index in [9.17, 15) is 116 Å². The van der Waals surface area contributed by atoms with Gasteiger partial charge < -0.3 is 104 Å². The van der Waals surface area contributed by atoms with Crippen molar-refractivity contribution in [1.29, 1.82) is 0 Å². The van der Waals surface area contributed by atoms with E-state index >= 15 is 0 Å². The molecule has 0 bridgehead atoms. The number of carbonyl (C=O) groups is 8. The maximum Gasteiger partial charge on any atom is 0.416 e. The van der Waals surface area contributed by atoms with Crippen LogP contribution >= 0.6 is 0 Å². The van der Waals surface area contributed by atoms with Crippen molar-refractivity contribution < 1.29 is 140 Å². The number of rotatable bonds is 64. The van der Waals surface area contributed by atoms with E-state index in [2.05, 4.69) is 56.4 Å². The quantitative estimate of drug-likeness (QED) is 0.00822. The van der Waals surface area contributed by atoms with E-state index in [0.717, 1.165) is 147 Å². The third kappa shape index (κ3) is 57.9. The molecule has 150 heavy (non-hydrogen) atoms. The van der Waals surface area contributed by atoms with E-state index in [1.165, 1.54) is 76.3 Å². The van der Waals surface area contributed by atoms with Crippen LogP contribution in [-0.2, 0) is 65.2 Å². The minimum atomic E-state index is -4.49. The molecule has 0 saturated heterocycles. The van der Waals surface area contributed by atoms with Gasteiger partial charge in [-0.25, -0.2) is 0 Å². The van der Waals surface area contributed by atoms with Crippen molar-refractivity contribution in [1.82, 2.24) is 0 Å². The summed E-state index contributed by atoms with van der Waals surface area (Å²) in [6.07, 6.45) is 47.7. The second-order valence-corrected chi connectivity index (χ2v) is 41.6. The Labute approximate surface area is 889 Å². The minimum absolute atomic E-state index is 0.00223. The summed E-state index contributed by atoms with van der Waals surface area (Å²) in [5.41, 5.74) is 0.368. The van der Waals surface area contributed by atoms with Crippen molar-refractivity contribution in [3.8, 4) is 11.5 Å². The van der Waals surface area contributed by atoms with Gasteiger partial charge in [0.15, 0.2) is 6.61 Å². The fourth-order valence-corrected chi connectivity index (χ4v) is 20.3. The molecule has 0 aromatic heterocycles. The van der Waals surface area contributed by atoms with E-state index in [0.29, 0.717) is 102 Å². The molecule has 0 radical (unpaired) electrons. The maximum absolute atomic E-state index is 14.4. The first-order valence-corrected chi connectivity index (χ1v) is 55.1. The Hall–Kier alpha value is -8.85. The standard InChI is InChI=1S/C26H33F3O6.C26H38O5.C25H32F2O5.C23H42O4.C21H36O4/c1-17(30)8-5-3-4-6-11-23-22(24(33)15-25(23)35-18(2)31)13-12-20(32)16-34-21-10-7-9-19(14-21)26(27,28)29;1-19(27)10-6-3-4-9-13-24-23(25(30)18-26(24)31-20(2)28)17-16-22(29)15-14-21-11-7-5-8-12-21;1-18(28)10-6-3-4-9-13-22-21(23(30)16-24(22)32-19(2)29)14-15-25(26,27)17-31-20-11-7-5-8-12-20;1-3-4-5-6-10-13-19(25)15-16-21-20(22(26)17-23(21)27)14-11-8-7-9-12-18(2)24;1-3-4-7-11-17(23)13-14-19-18(20(24)15-21(19)25)12-9-6-5-8-10-16(2)22/h4,6-7,9-10,12-14,20,22-25,32-33H,3,5,8,11,15-16H2,1-2H3;4-5,7-9,11-12,22-26,29-30H,3,6,10,13-18H2,1-2H3;4-5,7-9,11-12,14-15,21-24,30H,3,6,10,13,16-17H2,1-2H3;8,11,19-23,25-27H,3-7,9-10,12-17H2,1-2H3;6,9,13-14,17-21,23-25H,3-5,7-8,10-12,15H2,1-2H3/b6-4-,13-12+;9-4-;9-4-,15-14+;11-8-;9-6-,14-13+/t20-,22-,23-,24-,25+;22-,23+,24+,25+,26-;21-,22-,23-,24+;19-,20+,21+,22-,23+;17-,18+,19+,20-,21+/m10100/s1. The van der Waals surface area contributed by atoms with Gasteiger partial charge in [-0.3, -0.25) is 14.4 Å². The molecule has 3 aromatic carbocycles. The molecule has 0 amide bonds. The van der Waals surface area contributed by atoms with E-state index in [1.807, 2.05) is 54.7 Å². The number of carbonyl (C=O) groups excluding carboxylic acids is 8. The summed E-state index contributed by atoms with van der Waals surface area (Å²) in [7, 11) is 0. The van der Waals surface area contributed by atoms with E-state index in [1.54, 1.807) is 77.1 Å². The zero-order valence-electron chi connectivity index (χ0n) is 90.7. The Bertz CT molecular complexity index is 4510. The largest absolute Gasteiger partial charge is 0.491 e. The highest BCUT2D eigenvalue weighted by Gasteiger charge is 2.47. The van der Waals surface area contributed by atoms with Crippen LogP contribution in [0.2, 0.25) is 0 Å². The zero-order chi connectivity index (χ0) is 111. The van der Waals surface area contributed by atoms with Crippen LogP contribution in [0.3, 0.4) is 0 Å². The van der Waals surface area contributed by atoms with Crippen LogP contribution in [0.5, 0.6) is 11.5 Å². The molecule has 29 heteroatoms. The van der Waals surface area contributed by atoms with Crippen molar-refractivity contribution in [2.75, 3.05) is 13.2 Å². The van der Waals surface area contributed by atoms with Crippen LogP contribution in [-0.4, -0.2) is 208 Å². The number of aliphatic hydroxyl groups excluding tert-OH is 11. The molecule has 11 N–H and O–H groups in total. The lowest BCUT2D eigenvalue weighted by Gasteiger charge is -2.25. The minimum Gasteiger partial charge on any atom is -0.491 e. The van der Waals surface area contributed by atoms with E-state index in [4.69, 9.17) is 23.7 Å². The number of ether oxygens (including phenoxy) is 5. The van der Waals surface area contributed by atoms with E-state index < -0.39 is 121 Å². The molecule has 844 valence electrons. The summed E-state index contributed by atoms with van der Waals surface area (Å²) < 4.78 is 93.9. The summed E-state index contributed by atoms with van der Waals surface area (Å²) in [6.45, 7) is 15.2. The number of para-hydroxylation sites is 1. The molecule has 5 fully saturated rings. The molecule has 0 unspecified atom stereocenters. The molecule has 0 heterocycles. The third-order valence-electron chi connectivity index (χ3n) is 28.5. The van der Waals surface area contributed by atoms with Gasteiger partial charge in [0.25, 0.3) is 5.92 Å². The lowest BCUT2D eigenvalue weighted by molar-refractivity contribution is -0.149. The number of benzene rings is 3. The number of unbranched alkanes of at least 4 members (excludes halogenated alkanes) is 11. The third-order valence-corrected chi connectivity index (χ3v) is 28.5. The maximum atomic E-state index is 14.4. The van der Waals surface area contributed by atoms with Crippen molar-refractivity contribution in [2.24, 2.45) is 59.2 Å². The lowest BCUT2D eigenvalue weighted by Crippen LogP contribution is -2.26. The van der Waals surface area contributed by atoms with Crippen LogP contribution in [0.4, 0.5) is 22.0 Å². The zero-order valence-corrected chi connectivity index (χ0v) is 90.7. The number of aryl methyl sites for hydroxylation is 1. The number of hydrogen-bond acceptors (Lipinski definition) is 24. The van der Waals surface area contributed by atoms with Crippen molar-refractivity contribution >= 4 is 46.8 Å². The Morgan fingerprint density at radius 3 is 1.18 bits per heavy atom. The van der Waals surface area contributed by atoms with Crippen LogP contribution in [0.15, 0.2) is 182 Å². The molecule has 24 atom stereocenters. The Morgan fingerprint density at radius 1 is 0.353 bits per heavy atom. The number of Topliss-reactive ketones (excluding diaryl/α,β-unsaturated/α-hetero) is 5. The molecular weight excluding hydrogens is 1930 g/mol. The highest BCUT2D eigenvalue weighted by Crippen LogP contribution is 2.45. The number of allylic oxidation sites excluding steroid dienone is 10. The number of aliphatic hydroxyl groups is 11. The van der Waals surface area contributed by atoms with Gasteiger partial charge in [-0.15, -0.1) is 0 Å². The highest BCUT2D eigenvalue weighted by atomic mass is 19.4. The van der Waals surface area contributed by atoms with Gasteiger partial charge in [0.1, 0.15) is 71.4 Å². The SMILES string of the molecule is CC(=O)CCC/C=C\C[C@@H]1[C@@H](/C=C/C(F)(F)COc2ccccc2)[C@H](O)C[C@@H]1OC(C)=O.CC(=O)CCC/C=C\C[C@@H]1[C@@H](/C=C/[C@@H](O)COc2cccc(C(F)(F)F)c2)[C@H](O)C[C@@H]1OC(C)=O.CC(=O)CCC/C=C\C[C@@H]1[C@@H](CC[C@@H](O)CCc2ccccc2)[C@H](O)C[C@@H]1OC(C)=O.CCCCCCC[C@H](O)CC[C@@H]1[C@@H](C/C=C\CCCC(C)=O)[C@@H](O)C[C@H]1O.CCCCC[C@H](O)/C=C/[C@@H]1[C@@H](C/C=C\CCCC(C)=O)[C@@H](O)C[C@H]1O. The second kappa shape index (κ2) is 75.8. The van der Waals surface area contributed by atoms with Gasteiger partial charge >= 0.3 is 24.1 Å². The van der Waals surface area contributed by atoms with Gasteiger partial charge in [-0.1, -0.05) is 211 Å². The molecular formula is C121H181F5O24. The fourth-order valence-electron chi connectivity index (χ4n) is 20.3. The number of halogens is 5. The van der Waals surface area contributed by atoms with Gasteiger partial charge in [0, 0.05) is 114 Å². The molecule has 24 nitrogen and oxygen atoms in total. The van der Waals surface area contributed by atoms with Crippen molar-refractivity contribution in [3.63, 3.8) is 0 Å². The molecule has 0 spiro atoms. The molecule has 5 aliphatic carbocycles. The predicted octanol–water partition coefficient (Wildman–Crippen LogP) is 22.0. The van der Waals surface area contributed by atoms with Crippen molar-refractivity contribution in [2.45, 2.75) is 430 Å². The monoisotopic (exact) mass is 2110 g/mol. The van der Waals surface area contributed by atoms with Crippen LogP contribution in [0, 0.1) is 59.2 Å². The topological polar surface area (TPSA) is 405 Å². The number of hydrogen-bond donors (Lipinski definition) is 11. The number of alkyl halides is 5. The van der Waals surface area contributed by atoms with Crippen LogP contribution in [0.1, 0.15) is 337 Å². The summed E-state index contributed by atoms with van der Waals surface area (Å²) >= 11 is 0. The molecule has 0 aliphatic heterocycles. The lowest BCUT2D eigenvalue weighted by atomic mass is 9.85. The van der Waals surface area contributed by atoms with E-state index in [-0.39, 0.29) is 120 Å². The summed E-state index contributed by atoms with van der Waals surface area (Å²) in [5.74, 6) is -4.68. The first-order valence-electron chi connectivity index (χ1n) is 55.1. The van der Waals surface area contributed by atoms with Gasteiger partial charge in [0.05, 0.1) is 66.6 Å². The number of esters is 3. The van der Waals surface area contributed by atoms with Gasteiger partial charge in [-0.2, -0.15) is 22.0 Å². The van der Waals surface area contributed by atoms with Crippen LogP contribution < -0.4 is 9.47 Å². The average Bonchev–Trinajstić information content (AvgIpc) is 1.77. The second-order valence-electron chi connectivity index (χ2n) is 41.6. The summed E-state index contributed by atoms with van der Waals surface area (Å²) in [6, 6.07) is 22.9.